The van der Waals surface area contributed by atoms with E-state index in [1.807, 2.05) is 0 Å². The molecule has 1 N–H and O–H groups in total. The van der Waals surface area contributed by atoms with Gasteiger partial charge in [0.1, 0.15) is 0 Å². The first-order valence-corrected chi connectivity index (χ1v) is 11.0. The van der Waals surface area contributed by atoms with Gasteiger partial charge in [0.25, 0.3) is 5.91 Å². The highest BCUT2D eigenvalue weighted by molar-refractivity contribution is 8.01. The number of piperazine rings is 1. The molecular formula is C19H18F3N3O3S2. The molecule has 160 valence electrons. The Morgan fingerprint density at radius 1 is 1.17 bits per heavy atom. The van der Waals surface area contributed by atoms with E-state index in [4.69, 9.17) is 5.21 Å². The van der Waals surface area contributed by atoms with Gasteiger partial charge in [-0.15, -0.1) is 36.3 Å². The van der Waals surface area contributed by atoms with Gasteiger partial charge in [-0.1, -0.05) is 17.3 Å². The predicted molar refractivity (Wildman–Crippen MR) is 109 cm³/mol. The highest BCUT2D eigenvalue weighted by Gasteiger charge is 2.33. The summed E-state index contributed by atoms with van der Waals surface area (Å²) in [5.41, 5.74) is 1.75. The van der Waals surface area contributed by atoms with Crippen LogP contribution in [0, 0.1) is 0 Å². The number of halogens is 3. The van der Waals surface area contributed by atoms with Gasteiger partial charge in [0.15, 0.2) is 5.75 Å². The molecule has 1 saturated heterocycles. The second kappa shape index (κ2) is 8.38. The van der Waals surface area contributed by atoms with Crippen molar-refractivity contribution in [1.82, 2.24) is 4.90 Å². The molecule has 1 amide bonds. The lowest BCUT2D eigenvalue weighted by molar-refractivity contribution is -0.274. The number of anilines is 1. The third kappa shape index (κ3) is 4.36. The minimum Gasteiger partial charge on any atom is -0.411 e. The second-order valence-corrected chi connectivity index (χ2v) is 9.17. The zero-order chi connectivity index (χ0) is 21.3. The molecule has 4 rings (SSSR count). The number of thioether (sulfide) groups is 1. The van der Waals surface area contributed by atoms with Crippen LogP contribution in [0.25, 0.3) is 0 Å². The van der Waals surface area contributed by atoms with Gasteiger partial charge in [-0.05, 0) is 18.2 Å². The quantitative estimate of drug-likeness (QED) is 0.551. The molecule has 0 saturated carbocycles. The Bertz CT molecular complexity index is 969. The van der Waals surface area contributed by atoms with E-state index in [9.17, 15) is 18.0 Å². The molecule has 30 heavy (non-hydrogen) atoms. The largest absolute Gasteiger partial charge is 0.573 e. The van der Waals surface area contributed by atoms with Crippen molar-refractivity contribution in [3.05, 3.63) is 40.8 Å². The van der Waals surface area contributed by atoms with E-state index in [2.05, 4.69) is 9.89 Å². The molecule has 1 fully saturated rings. The van der Waals surface area contributed by atoms with Crippen molar-refractivity contribution >= 4 is 40.4 Å². The Labute approximate surface area is 178 Å². The molecule has 2 aliphatic heterocycles. The van der Waals surface area contributed by atoms with Crippen molar-refractivity contribution in [2.75, 3.05) is 36.8 Å². The molecule has 2 aliphatic rings. The van der Waals surface area contributed by atoms with Crippen LogP contribution in [0.15, 0.2) is 39.7 Å². The minimum absolute atomic E-state index is 0.119. The van der Waals surface area contributed by atoms with Gasteiger partial charge in [-0.3, -0.25) is 4.79 Å². The summed E-state index contributed by atoms with van der Waals surface area (Å²) >= 11 is 3.02. The zero-order valence-electron chi connectivity index (χ0n) is 15.7. The summed E-state index contributed by atoms with van der Waals surface area (Å²) in [7, 11) is 0. The van der Waals surface area contributed by atoms with Crippen molar-refractivity contribution < 1.29 is 27.9 Å². The van der Waals surface area contributed by atoms with Crippen LogP contribution in [0.3, 0.4) is 0 Å². The molecule has 0 unspecified atom stereocenters. The second-order valence-electron chi connectivity index (χ2n) is 6.75. The van der Waals surface area contributed by atoms with Crippen molar-refractivity contribution in [1.29, 1.82) is 0 Å². The molecule has 1 aromatic heterocycles. The van der Waals surface area contributed by atoms with Crippen LogP contribution in [0.5, 0.6) is 5.75 Å². The van der Waals surface area contributed by atoms with Crippen LogP contribution in [0.1, 0.15) is 21.7 Å². The molecule has 1 aromatic carbocycles. The SMILES string of the molecule is O=C(c1cc2c(s1)SCCC2=NO)N1CCN(c2ccccc2OC(F)(F)F)CC1. The molecule has 0 radical (unpaired) electrons. The van der Waals surface area contributed by atoms with Crippen LogP contribution in [0.2, 0.25) is 0 Å². The van der Waals surface area contributed by atoms with Gasteiger partial charge < -0.3 is 19.7 Å². The molecule has 11 heteroatoms. The molecule has 0 aliphatic carbocycles. The van der Waals surface area contributed by atoms with Crippen LogP contribution in [0.4, 0.5) is 18.9 Å². The first-order valence-electron chi connectivity index (χ1n) is 9.22. The number of rotatable bonds is 3. The van der Waals surface area contributed by atoms with Crippen molar-refractivity contribution in [2.24, 2.45) is 5.16 Å². The Hall–Kier alpha value is -2.40. The van der Waals surface area contributed by atoms with Crippen LogP contribution in [-0.4, -0.2) is 60.0 Å². The third-order valence-electron chi connectivity index (χ3n) is 4.91. The minimum atomic E-state index is -4.76. The summed E-state index contributed by atoms with van der Waals surface area (Å²) in [6.45, 7) is 1.56. The van der Waals surface area contributed by atoms with Crippen LogP contribution >= 0.6 is 23.1 Å². The number of carbonyl (C=O) groups excluding carboxylic acids is 1. The maximum Gasteiger partial charge on any atom is 0.573 e. The summed E-state index contributed by atoms with van der Waals surface area (Å²) in [4.78, 5) is 17.0. The maximum atomic E-state index is 12.9. The maximum absolute atomic E-state index is 12.9. The van der Waals surface area contributed by atoms with E-state index in [0.717, 1.165) is 15.5 Å². The van der Waals surface area contributed by atoms with E-state index in [-0.39, 0.29) is 11.7 Å². The Morgan fingerprint density at radius 3 is 2.60 bits per heavy atom. The topological polar surface area (TPSA) is 65.4 Å². The fourth-order valence-electron chi connectivity index (χ4n) is 3.50. The number of oxime groups is 1. The van der Waals surface area contributed by atoms with Gasteiger partial charge in [-0.25, -0.2) is 0 Å². The number of fused-ring (bicyclic) bond motifs is 1. The average molecular weight is 457 g/mol. The Kier molecular flexibility index (Phi) is 5.83. The molecule has 0 atom stereocenters. The number of amides is 1. The lowest BCUT2D eigenvalue weighted by atomic mass is 10.1. The number of alkyl halides is 3. The normalized spacial score (nSPS) is 18.4. The van der Waals surface area contributed by atoms with Crippen LogP contribution in [-0.2, 0) is 0 Å². The van der Waals surface area contributed by atoms with Gasteiger partial charge in [0.2, 0.25) is 0 Å². The Morgan fingerprint density at radius 2 is 1.90 bits per heavy atom. The number of hydrogen-bond donors (Lipinski definition) is 1. The molecule has 3 heterocycles. The number of benzene rings is 1. The number of para-hydroxylation sites is 2. The molecule has 6 nitrogen and oxygen atoms in total. The third-order valence-corrected chi connectivity index (χ3v) is 7.32. The average Bonchev–Trinajstić information content (AvgIpc) is 3.17. The van der Waals surface area contributed by atoms with Gasteiger partial charge in [0.05, 0.1) is 20.5 Å². The lowest BCUT2D eigenvalue weighted by Crippen LogP contribution is -2.48. The number of hydrogen-bond acceptors (Lipinski definition) is 7. The van der Waals surface area contributed by atoms with Crippen molar-refractivity contribution in [2.45, 2.75) is 17.0 Å². The zero-order valence-corrected chi connectivity index (χ0v) is 17.3. The highest BCUT2D eigenvalue weighted by atomic mass is 32.2. The fraction of sp³-hybridized carbons (Fsp3) is 0.368. The van der Waals surface area contributed by atoms with Gasteiger partial charge in [-0.2, -0.15) is 0 Å². The van der Waals surface area contributed by atoms with E-state index in [0.29, 0.717) is 48.9 Å². The summed E-state index contributed by atoms with van der Waals surface area (Å²) in [5.74, 6) is 0.439. The van der Waals surface area contributed by atoms with Gasteiger partial charge >= 0.3 is 6.36 Å². The van der Waals surface area contributed by atoms with E-state index < -0.39 is 6.36 Å². The molecule has 2 aromatic rings. The monoisotopic (exact) mass is 457 g/mol. The Balaban J connectivity index is 1.45. The van der Waals surface area contributed by atoms with E-state index >= 15 is 0 Å². The molecular weight excluding hydrogens is 439 g/mol. The highest BCUT2D eigenvalue weighted by Crippen LogP contribution is 2.38. The van der Waals surface area contributed by atoms with Gasteiger partial charge in [0, 0.05) is 43.9 Å². The summed E-state index contributed by atoms with van der Waals surface area (Å²) in [6, 6.07) is 7.78. The van der Waals surface area contributed by atoms with Crippen LogP contribution < -0.4 is 9.64 Å². The lowest BCUT2D eigenvalue weighted by Gasteiger charge is -2.36. The summed E-state index contributed by atoms with van der Waals surface area (Å²) in [5, 5.41) is 12.5. The molecule has 0 bridgehead atoms. The number of thiophene rings is 1. The standard InChI is InChI=1S/C19H18F3N3O3S2/c20-19(21,22)28-15-4-2-1-3-14(15)24-6-8-25(9-7-24)17(26)16-11-12-13(23-27)5-10-29-18(12)30-16/h1-4,11,27H,5-10H2. The number of ether oxygens (including phenoxy) is 1. The van der Waals surface area contributed by atoms with Crippen molar-refractivity contribution in [3.63, 3.8) is 0 Å². The van der Waals surface area contributed by atoms with Crippen molar-refractivity contribution in [3.8, 4) is 5.75 Å². The number of carbonyl (C=O) groups is 1. The fourth-order valence-corrected chi connectivity index (χ4v) is 5.95. The first kappa shape index (κ1) is 20.9. The smallest absolute Gasteiger partial charge is 0.411 e. The molecule has 0 spiro atoms. The van der Waals surface area contributed by atoms with E-state index in [1.54, 1.807) is 39.8 Å². The predicted octanol–water partition coefficient (Wildman–Crippen LogP) is 4.28. The first-order chi connectivity index (χ1) is 14.4. The number of nitrogens with zero attached hydrogens (tertiary/aromatic N) is 3. The summed E-state index contributed by atoms with van der Waals surface area (Å²) in [6.07, 6.45) is -4.11. The summed E-state index contributed by atoms with van der Waals surface area (Å²) < 4.78 is 43.1. The van der Waals surface area contributed by atoms with E-state index in [1.165, 1.54) is 23.5 Å².